The highest BCUT2D eigenvalue weighted by Gasteiger charge is 2.26. The molecule has 2 unspecified atom stereocenters. The van der Waals surface area contributed by atoms with Gasteiger partial charge in [-0.25, -0.2) is 4.98 Å². The van der Waals surface area contributed by atoms with E-state index in [4.69, 9.17) is 10.7 Å². The molecule has 112 valence electrons. The predicted octanol–water partition coefficient (Wildman–Crippen LogP) is 4.02. The maximum absolute atomic E-state index is 6.28. The van der Waals surface area contributed by atoms with Crippen LogP contribution in [0.3, 0.4) is 0 Å². The van der Waals surface area contributed by atoms with Gasteiger partial charge < -0.3 is 10.3 Å². The molecule has 0 fully saturated rings. The molecule has 1 aromatic heterocycles. The molecule has 21 heavy (non-hydrogen) atoms. The molecule has 2 heterocycles. The maximum Gasteiger partial charge on any atom is 0.126 e. The summed E-state index contributed by atoms with van der Waals surface area (Å²) in [4.78, 5) is 4.85. The van der Waals surface area contributed by atoms with Crippen molar-refractivity contribution in [3.05, 3.63) is 41.3 Å². The molecule has 0 spiro atoms. The SMILES string of the molecule is Cc1c(-c2ccc(C(C)C)cc2)nc2n1CC(C)CC2N. The summed E-state index contributed by atoms with van der Waals surface area (Å²) >= 11 is 0. The Morgan fingerprint density at radius 1 is 1.24 bits per heavy atom. The van der Waals surface area contributed by atoms with Crippen molar-refractivity contribution in [2.45, 2.75) is 52.6 Å². The lowest BCUT2D eigenvalue weighted by Gasteiger charge is -2.26. The fourth-order valence-corrected chi connectivity index (χ4v) is 3.29. The van der Waals surface area contributed by atoms with Gasteiger partial charge >= 0.3 is 0 Å². The quantitative estimate of drug-likeness (QED) is 0.904. The summed E-state index contributed by atoms with van der Waals surface area (Å²) in [6.45, 7) is 9.89. The summed E-state index contributed by atoms with van der Waals surface area (Å²) in [5, 5.41) is 0. The fourth-order valence-electron chi connectivity index (χ4n) is 3.29. The van der Waals surface area contributed by atoms with Crippen molar-refractivity contribution in [1.29, 1.82) is 0 Å². The van der Waals surface area contributed by atoms with Gasteiger partial charge in [0.05, 0.1) is 11.7 Å². The first-order valence-corrected chi connectivity index (χ1v) is 7.90. The Hall–Kier alpha value is -1.61. The molecule has 0 saturated carbocycles. The number of nitrogens with two attached hydrogens (primary N) is 1. The second-order valence-electron chi connectivity index (χ2n) is 6.74. The van der Waals surface area contributed by atoms with Crippen LogP contribution in [-0.2, 0) is 6.54 Å². The lowest BCUT2D eigenvalue weighted by Crippen LogP contribution is -2.27. The Bertz CT molecular complexity index is 637. The van der Waals surface area contributed by atoms with Crippen LogP contribution < -0.4 is 5.73 Å². The Balaban J connectivity index is 2.02. The summed E-state index contributed by atoms with van der Waals surface area (Å²) in [5.41, 5.74) is 11.2. The number of aromatic nitrogens is 2. The van der Waals surface area contributed by atoms with Gasteiger partial charge in [0.2, 0.25) is 0 Å². The van der Waals surface area contributed by atoms with E-state index in [-0.39, 0.29) is 6.04 Å². The van der Waals surface area contributed by atoms with Crippen molar-refractivity contribution in [3.63, 3.8) is 0 Å². The highest BCUT2D eigenvalue weighted by molar-refractivity contribution is 5.63. The smallest absolute Gasteiger partial charge is 0.126 e. The van der Waals surface area contributed by atoms with Gasteiger partial charge in [-0.15, -0.1) is 0 Å². The summed E-state index contributed by atoms with van der Waals surface area (Å²) in [7, 11) is 0. The van der Waals surface area contributed by atoms with Crippen LogP contribution in [0.5, 0.6) is 0 Å². The topological polar surface area (TPSA) is 43.8 Å². The zero-order valence-electron chi connectivity index (χ0n) is 13.4. The first-order valence-electron chi connectivity index (χ1n) is 7.90. The average molecular weight is 283 g/mol. The van der Waals surface area contributed by atoms with Crippen LogP contribution in [0, 0.1) is 12.8 Å². The van der Waals surface area contributed by atoms with E-state index < -0.39 is 0 Å². The van der Waals surface area contributed by atoms with E-state index in [1.54, 1.807) is 0 Å². The highest BCUT2D eigenvalue weighted by Crippen LogP contribution is 2.33. The maximum atomic E-state index is 6.28. The molecule has 0 radical (unpaired) electrons. The third-order valence-corrected chi connectivity index (χ3v) is 4.58. The van der Waals surface area contributed by atoms with Crippen LogP contribution in [0.4, 0.5) is 0 Å². The number of nitrogens with zero attached hydrogens (tertiary/aromatic N) is 2. The monoisotopic (exact) mass is 283 g/mol. The molecule has 3 heteroatoms. The number of imidazole rings is 1. The van der Waals surface area contributed by atoms with E-state index in [9.17, 15) is 0 Å². The molecular weight excluding hydrogens is 258 g/mol. The minimum atomic E-state index is 0.0659. The van der Waals surface area contributed by atoms with Gasteiger partial charge in [0.1, 0.15) is 5.82 Å². The second-order valence-corrected chi connectivity index (χ2v) is 6.74. The fraction of sp³-hybridized carbons (Fsp3) is 0.500. The molecule has 0 bridgehead atoms. The standard InChI is InChI=1S/C18H25N3/c1-11(2)14-5-7-15(8-6-14)17-13(4)21-10-12(3)9-16(19)18(21)20-17/h5-8,11-12,16H,9-10,19H2,1-4H3. The summed E-state index contributed by atoms with van der Waals surface area (Å²) in [6.07, 6.45) is 1.03. The zero-order valence-corrected chi connectivity index (χ0v) is 13.4. The van der Waals surface area contributed by atoms with Crippen molar-refractivity contribution in [2.75, 3.05) is 0 Å². The molecule has 1 aromatic carbocycles. The van der Waals surface area contributed by atoms with E-state index in [2.05, 4.69) is 56.5 Å². The zero-order chi connectivity index (χ0) is 15.1. The first kappa shape index (κ1) is 14.3. The first-order chi connectivity index (χ1) is 9.97. The van der Waals surface area contributed by atoms with Crippen molar-refractivity contribution < 1.29 is 0 Å². The second kappa shape index (κ2) is 5.30. The number of hydrogen-bond acceptors (Lipinski definition) is 2. The Kier molecular flexibility index (Phi) is 3.62. The molecule has 2 N–H and O–H groups in total. The summed E-state index contributed by atoms with van der Waals surface area (Å²) in [5.74, 6) is 2.23. The molecular formula is C18H25N3. The van der Waals surface area contributed by atoms with Crippen LogP contribution in [-0.4, -0.2) is 9.55 Å². The van der Waals surface area contributed by atoms with Crippen LogP contribution in [0.2, 0.25) is 0 Å². The van der Waals surface area contributed by atoms with Gasteiger partial charge in [-0.1, -0.05) is 45.0 Å². The molecule has 3 rings (SSSR count). The van der Waals surface area contributed by atoms with Crippen molar-refractivity contribution in [2.24, 2.45) is 11.7 Å². The Morgan fingerprint density at radius 2 is 1.90 bits per heavy atom. The molecule has 0 saturated heterocycles. The minimum Gasteiger partial charge on any atom is -0.330 e. The highest BCUT2D eigenvalue weighted by atomic mass is 15.1. The van der Waals surface area contributed by atoms with Crippen LogP contribution in [0.1, 0.15) is 56.2 Å². The molecule has 0 amide bonds. The lowest BCUT2D eigenvalue weighted by atomic mass is 9.98. The summed E-state index contributed by atoms with van der Waals surface area (Å²) < 4.78 is 2.31. The normalized spacial score (nSPS) is 21.6. The Labute approximate surface area is 127 Å². The van der Waals surface area contributed by atoms with Gasteiger partial charge in [-0.3, -0.25) is 0 Å². The van der Waals surface area contributed by atoms with Gasteiger partial charge in [0.25, 0.3) is 0 Å². The van der Waals surface area contributed by atoms with Gasteiger partial charge in [-0.2, -0.15) is 0 Å². The largest absolute Gasteiger partial charge is 0.330 e. The number of fused-ring (bicyclic) bond motifs is 1. The molecule has 2 aromatic rings. The lowest BCUT2D eigenvalue weighted by molar-refractivity contribution is 0.343. The van der Waals surface area contributed by atoms with Gasteiger partial charge in [-0.05, 0) is 30.7 Å². The average Bonchev–Trinajstić information content (AvgIpc) is 2.77. The van der Waals surface area contributed by atoms with E-state index in [0.29, 0.717) is 11.8 Å². The van der Waals surface area contributed by atoms with Crippen LogP contribution >= 0.6 is 0 Å². The van der Waals surface area contributed by atoms with Gasteiger partial charge in [0.15, 0.2) is 0 Å². The van der Waals surface area contributed by atoms with Crippen LogP contribution in [0.25, 0.3) is 11.3 Å². The molecule has 1 aliphatic heterocycles. The summed E-state index contributed by atoms with van der Waals surface area (Å²) in [6, 6.07) is 8.86. The molecule has 3 nitrogen and oxygen atoms in total. The molecule has 1 aliphatic rings. The third-order valence-electron chi connectivity index (χ3n) is 4.58. The third kappa shape index (κ3) is 2.51. The Morgan fingerprint density at radius 3 is 2.52 bits per heavy atom. The van der Waals surface area contributed by atoms with Crippen molar-refractivity contribution >= 4 is 0 Å². The van der Waals surface area contributed by atoms with E-state index in [0.717, 1.165) is 24.5 Å². The number of rotatable bonds is 2. The van der Waals surface area contributed by atoms with Crippen molar-refractivity contribution in [1.82, 2.24) is 9.55 Å². The number of benzene rings is 1. The van der Waals surface area contributed by atoms with E-state index >= 15 is 0 Å². The molecule has 2 atom stereocenters. The molecule has 0 aliphatic carbocycles. The van der Waals surface area contributed by atoms with E-state index in [1.165, 1.54) is 16.8 Å². The predicted molar refractivity (Wildman–Crippen MR) is 87.2 cm³/mol. The van der Waals surface area contributed by atoms with Crippen LogP contribution in [0.15, 0.2) is 24.3 Å². The number of hydrogen-bond donors (Lipinski definition) is 1. The van der Waals surface area contributed by atoms with Crippen molar-refractivity contribution in [3.8, 4) is 11.3 Å². The minimum absolute atomic E-state index is 0.0659. The van der Waals surface area contributed by atoms with E-state index in [1.807, 2.05) is 0 Å². The van der Waals surface area contributed by atoms with Gasteiger partial charge in [0, 0.05) is 17.8 Å².